The number of aromatic nitrogens is 2. The molecule has 1 aromatic carbocycles. The fraction of sp³-hybridized carbons (Fsp3) is 0.474. The first-order valence-corrected chi connectivity index (χ1v) is 11.3. The Labute approximate surface area is 165 Å². The molecule has 5 heteroatoms. The van der Waals surface area contributed by atoms with Gasteiger partial charge in [-0.3, -0.25) is 0 Å². The van der Waals surface area contributed by atoms with E-state index in [1.54, 1.807) is 16.9 Å². The van der Waals surface area contributed by atoms with Crippen LogP contribution in [0.2, 0.25) is 0 Å². The molecular formula is C19H21IN2S2. The van der Waals surface area contributed by atoms with E-state index < -0.39 is 0 Å². The zero-order chi connectivity index (χ0) is 16.7. The first-order chi connectivity index (χ1) is 11.5. The van der Waals surface area contributed by atoms with E-state index >= 15 is 0 Å². The summed E-state index contributed by atoms with van der Waals surface area (Å²) in [4.78, 5) is 0. The van der Waals surface area contributed by atoms with Crippen molar-refractivity contribution in [1.29, 1.82) is 0 Å². The lowest BCUT2D eigenvalue weighted by atomic mass is 9.48. The molecule has 0 amide bonds. The highest BCUT2D eigenvalue weighted by molar-refractivity contribution is 14.1. The van der Waals surface area contributed by atoms with Crippen molar-refractivity contribution < 1.29 is 0 Å². The average Bonchev–Trinajstić information content (AvgIpc) is 3.04. The van der Waals surface area contributed by atoms with E-state index in [0.29, 0.717) is 5.41 Å². The Kier molecular flexibility index (Phi) is 4.77. The maximum Gasteiger partial charge on any atom is 0.174 e. The van der Waals surface area contributed by atoms with E-state index in [1.807, 2.05) is 11.8 Å². The van der Waals surface area contributed by atoms with E-state index in [1.165, 1.54) is 22.8 Å². The Morgan fingerprint density at radius 2 is 2.04 bits per heavy atom. The Bertz CT molecular complexity index is 764. The molecular weight excluding hydrogens is 447 g/mol. The third-order valence-electron chi connectivity index (χ3n) is 5.70. The van der Waals surface area contributed by atoms with Gasteiger partial charge in [-0.2, -0.15) is 0 Å². The molecule has 3 aliphatic rings. The molecule has 2 bridgehead atoms. The lowest BCUT2D eigenvalue weighted by molar-refractivity contribution is -0.00767. The molecule has 0 saturated heterocycles. The van der Waals surface area contributed by atoms with Gasteiger partial charge in [-0.25, -0.2) is 0 Å². The molecule has 1 saturated carbocycles. The Hall–Kier alpha value is -0.400. The van der Waals surface area contributed by atoms with Gasteiger partial charge in [-0.1, -0.05) is 60.7 Å². The summed E-state index contributed by atoms with van der Waals surface area (Å²) < 4.78 is 2.34. The molecule has 24 heavy (non-hydrogen) atoms. The number of thioether (sulfide) groups is 1. The number of hydrogen-bond donors (Lipinski definition) is 0. The van der Waals surface area contributed by atoms with Crippen molar-refractivity contribution in [3.8, 4) is 10.6 Å². The van der Waals surface area contributed by atoms with Crippen molar-refractivity contribution >= 4 is 45.7 Å². The number of nitrogens with zero attached hydrogens (tertiary/aromatic N) is 2. The molecule has 0 aliphatic heterocycles. The van der Waals surface area contributed by atoms with Crippen LogP contribution in [0.15, 0.2) is 40.3 Å². The predicted molar refractivity (Wildman–Crippen MR) is 111 cm³/mol. The van der Waals surface area contributed by atoms with Gasteiger partial charge in [0.05, 0.1) is 0 Å². The minimum absolute atomic E-state index is 0.537. The summed E-state index contributed by atoms with van der Waals surface area (Å²) >= 11 is 5.89. The minimum Gasteiger partial charge on any atom is -0.137 e. The summed E-state index contributed by atoms with van der Waals surface area (Å²) in [7, 11) is 0. The van der Waals surface area contributed by atoms with Crippen LogP contribution in [0.4, 0.5) is 0 Å². The van der Waals surface area contributed by atoms with E-state index in [0.717, 1.165) is 32.5 Å². The van der Waals surface area contributed by atoms with Crippen LogP contribution in [0.25, 0.3) is 10.6 Å². The van der Waals surface area contributed by atoms with Crippen molar-refractivity contribution in [2.45, 2.75) is 37.4 Å². The fourth-order valence-electron chi connectivity index (χ4n) is 3.99. The molecule has 2 aromatic rings. The number of halogens is 1. The summed E-state index contributed by atoms with van der Waals surface area (Å²) in [6.07, 6.45) is 6.42. The number of hydrogen-bond acceptors (Lipinski definition) is 4. The van der Waals surface area contributed by atoms with Crippen LogP contribution in [0.3, 0.4) is 0 Å². The number of benzene rings is 1. The maximum atomic E-state index is 4.37. The maximum absolute atomic E-state index is 4.37. The van der Waals surface area contributed by atoms with Gasteiger partial charge in [-0.15, -0.1) is 10.2 Å². The third kappa shape index (κ3) is 3.19. The molecule has 1 heterocycles. The van der Waals surface area contributed by atoms with Gasteiger partial charge >= 0.3 is 0 Å². The van der Waals surface area contributed by atoms with E-state index in [4.69, 9.17) is 0 Å². The number of rotatable bonds is 5. The summed E-state index contributed by atoms with van der Waals surface area (Å²) in [6.45, 7) is 4.90. The lowest BCUT2D eigenvalue weighted by Crippen LogP contribution is -2.48. The van der Waals surface area contributed by atoms with Gasteiger partial charge in [0.2, 0.25) is 0 Å². The second-order valence-electron chi connectivity index (χ2n) is 7.30. The summed E-state index contributed by atoms with van der Waals surface area (Å²) in [5, 5.41) is 9.75. The normalized spacial score (nSPS) is 24.4. The van der Waals surface area contributed by atoms with Crippen LogP contribution >= 0.6 is 45.7 Å². The van der Waals surface area contributed by atoms with Gasteiger partial charge < -0.3 is 0 Å². The van der Waals surface area contributed by atoms with Crippen molar-refractivity contribution in [1.82, 2.24) is 10.2 Å². The SMILES string of the molecule is CC1(C)C2CC=C(CCSc3nnc(-c4ccc(I)cc4)s3)C1C2. The molecule has 5 rings (SSSR count). The minimum atomic E-state index is 0.537. The van der Waals surface area contributed by atoms with Crippen LogP contribution in [0.5, 0.6) is 0 Å². The molecule has 2 nitrogen and oxygen atoms in total. The average molecular weight is 468 g/mol. The first kappa shape index (κ1) is 17.0. The van der Waals surface area contributed by atoms with E-state index in [2.05, 4.69) is 77.0 Å². The van der Waals surface area contributed by atoms with Crippen molar-refractivity contribution in [2.75, 3.05) is 5.75 Å². The fourth-order valence-corrected chi connectivity index (χ4v) is 6.27. The van der Waals surface area contributed by atoms with Crippen molar-refractivity contribution in [3.63, 3.8) is 0 Å². The van der Waals surface area contributed by atoms with Crippen molar-refractivity contribution in [2.24, 2.45) is 17.3 Å². The van der Waals surface area contributed by atoms with Crippen LogP contribution in [-0.4, -0.2) is 16.0 Å². The van der Waals surface area contributed by atoms with Crippen LogP contribution < -0.4 is 0 Å². The smallest absolute Gasteiger partial charge is 0.137 e. The highest BCUT2D eigenvalue weighted by atomic mass is 127. The van der Waals surface area contributed by atoms with Gasteiger partial charge in [-0.05, 0) is 71.2 Å². The quantitative estimate of drug-likeness (QED) is 0.293. The molecule has 2 unspecified atom stereocenters. The van der Waals surface area contributed by atoms with Gasteiger partial charge in [0.25, 0.3) is 0 Å². The molecule has 2 atom stereocenters. The van der Waals surface area contributed by atoms with Crippen LogP contribution in [-0.2, 0) is 0 Å². The Balaban J connectivity index is 1.34. The first-order valence-electron chi connectivity index (χ1n) is 8.45. The largest absolute Gasteiger partial charge is 0.174 e. The van der Waals surface area contributed by atoms with Crippen LogP contribution in [0, 0.1) is 20.8 Å². The second kappa shape index (κ2) is 6.72. The summed E-state index contributed by atoms with van der Waals surface area (Å²) in [6, 6.07) is 8.48. The lowest BCUT2D eigenvalue weighted by Gasteiger charge is -2.56. The van der Waals surface area contributed by atoms with E-state index in [9.17, 15) is 0 Å². The van der Waals surface area contributed by atoms with Crippen LogP contribution in [0.1, 0.15) is 33.1 Å². The molecule has 0 N–H and O–H groups in total. The second-order valence-corrected chi connectivity index (χ2v) is 10.9. The summed E-state index contributed by atoms with van der Waals surface area (Å²) in [5.74, 6) is 2.87. The predicted octanol–water partition coefficient (Wildman–Crippen LogP) is 6.28. The standard InChI is InChI=1S/C19H21IN2S2/c1-19(2)14-6-3-12(16(19)11-14)9-10-23-18-22-21-17(24-18)13-4-7-15(20)8-5-13/h3-5,7-8,14,16H,6,9-11H2,1-2H3. The van der Waals surface area contributed by atoms with E-state index in [-0.39, 0.29) is 0 Å². The highest BCUT2D eigenvalue weighted by Gasteiger charge is 2.50. The third-order valence-corrected chi connectivity index (χ3v) is 8.52. The molecule has 0 radical (unpaired) electrons. The van der Waals surface area contributed by atoms with Gasteiger partial charge in [0, 0.05) is 14.9 Å². The number of allylic oxidation sites excluding steroid dienone is 2. The Morgan fingerprint density at radius 3 is 2.75 bits per heavy atom. The van der Waals surface area contributed by atoms with Gasteiger partial charge in [0.1, 0.15) is 5.01 Å². The Morgan fingerprint density at radius 1 is 1.25 bits per heavy atom. The van der Waals surface area contributed by atoms with Crippen molar-refractivity contribution in [3.05, 3.63) is 39.5 Å². The zero-order valence-electron chi connectivity index (χ0n) is 14.0. The summed E-state index contributed by atoms with van der Waals surface area (Å²) in [5.41, 5.74) is 3.39. The monoisotopic (exact) mass is 468 g/mol. The highest BCUT2D eigenvalue weighted by Crippen LogP contribution is 2.59. The molecule has 1 aromatic heterocycles. The molecule has 126 valence electrons. The topological polar surface area (TPSA) is 25.8 Å². The zero-order valence-corrected chi connectivity index (χ0v) is 17.7. The molecule has 0 spiro atoms. The molecule has 3 aliphatic carbocycles. The van der Waals surface area contributed by atoms with Gasteiger partial charge in [0.15, 0.2) is 4.34 Å². The molecule has 1 fully saturated rings. The number of fused-ring (bicyclic) bond motifs is 1.